The van der Waals surface area contributed by atoms with Gasteiger partial charge in [0.2, 0.25) is 0 Å². The van der Waals surface area contributed by atoms with Crippen LogP contribution in [0.3, 0.4) is 0 Å². The van der Waals surface area contributed by atoms with Gasteiger partial charge in [0.05, 0.1) is 5.60 Å². The van der Waals surface area contributed by atoms with Crippen LogP contribution in [0.2, 0.25) is 0 Å². The van der Waals surface area contributed by atoms with E-state index < -0.39 is 0 Å². The van der Waals surface area contributed by atoms with Gasteiger partial charge in [-0.25, -0.2) is 0 Å². The highest BCUT2D eigenvalue weighted by atomic mass is 16.5. The molecule has 3 nitrogen and oxygen atoms in total. The largest absolute Gasteiger partial charge is 0.375 e. The molecule has 0 aromatic carbocycles. The minimum Gasteiger partial charge on any atom is -0.375 e. The highest BCUT2D eigenvalue weighted by Gasteiger charge is 2.42. The highest BCUT2D eigenvalue weighted by Crippen LogP contribution is 2.42. The lowest BCUT2D eigenvalue weighted by Crippen LogP contribution is -2.51. The zero-order chi connectivity index (χ0) is 13.1. The van der Waals surface area contributed by atoms with E-state index in [0.29, 0.717) is 6.04 Å². The van der Waals surface area contributed by atoms with Gasteiger partial charge in [0.15, 0.2) is 0 Å². The van der Waals surface area contributed by atoms with Crippen LogP contribution in [-0.2, 0) is 4.74 Å². The molecular weight excluding hydrogens is 236 g/mol. The van der Waals surface area contributed by atoms with Gasteiger partial charge < -0.3 is 15.0 Å². The Hall–Kier alpha value is -0.120. The lowest BCUT2D eigenvalue weighted by Gasteiger charge is -2.47. The Kier molecular flexibility index (Phi) is 4.45. The summed E-state index contributed by atoms with van der Waals surface area (Å²) in [6.45, 7) is 8.47. The van der Waals surface area contributed by atoms with Crippen LogP contribution in [0, 0.1) is 5.92 Å². The van der Waals surface area contributed by atoms with E-state index in [1.54, 1.807) is 0 Å². The second kappa shape index (κ2) is 6.11. The van der Waals surface area contributed by atoms with Crippen molar-refractivity contribution in [2.24, 2.45) is 5.92 Å². The maximum Gasteiger partial charge on any atom is 0.0697 e. The van der Waals surface area contributed by atoms with Gasteiger partial charge in [-0.3, -0.25) is 0 Å². The van der Waals surface area contributed by atoms with Crippen LogP contribution in [0.15, 0.2) is 0 Å². The second-order valence-corrected chi connectivity index (χ2v) is 7.10. The fraction of sp³-hybridized carbons (Fsp3) is 1.00. The van der Waals surface area contributed by atoms with Crippen LogP contribution < -0.4 is 5.32 Å². The van der Waals surface area contributed by atoms with Gasteiger partial charge >= 0.3 is 0 Å². The van der Waals surface area contributed by atoms with Gasteiger partial charge in [-0.2, -0.15) is 0 Å². The molecule has 3 heteroatoms. The van der Waals surface area contributed by atoms with Gasteiger partial charge in [0.1, 0.15) is 0 Å². The summed E-state index contributed by atoms with van der Waals surface area (Å²) in [6, 6.07) is 0.704. The summed E-state index contributed by atoms with van der Waals surface area (Å²) in [5.74, 6) is 0.776. The van der Waals surface area contributed by atoms with Crippen molar-refractivity contribution in [3.8, 4) is 0 Å². The van der Waals surface area contributed by atoms with Crippen molar-refractivity contribution in [2.75, 3.05) is 32.8 Å². The molecule has 1 saturated carbocycles. The fourth-order valence-corrected chi connectivity index (χ4v) is 3.96. The Morgan fingerprint density at radius 3 is 2.74 bits per heavy atom. The molecule has 110 valence electrons. The SMILES string of the molecule is CC(CNC1CCOC2(CCC2)C1)CN1CCCC1. The van der Waals surface area contributed by atoms with E-state index in [-0.39, 0.29) is 5.60 Å². The van der Waals surface area contributed by atoms with Crippen molar-refractivity contribution < 1.29 is 4.74 Å². The number of nitrogens with one attached hydrogen (secondary N) is 1. The minimum absolute atomic E-state index is 0.286. The predicted octanol–water partition coefficient (Wildman–Crippen LogP) is 2.41. The van der Waals surface area contributed by atoms with Crippen molar-refractivity contribution in [3.63, 3.8) is 0 Å². The Bertz CT molecular complexity index is 284. The quantitative estimate of drug-likeness (QED) is 0.827. The molecule has 3 fully saturated rings. The topological polar surface area (TPSA) is 24.5 Å². The maximum absolute atomic E-state index is 6.00. The van der Waals surface area contributed by atoms with Crippen LogP contribution in [0.4, 0.5) is 0 Å². The van der Waals surface area contributed by atoms with Gasteiger partial charge in [-0.05, 0) is 70.5 Å². The normalized spacial score (nSPS) is 32.4. The molecular formula is C16H30N2O. The minimum atomic E-state index is 0.286. The lowest BCUT2D eigenvalue weighted by atomic mass is 9.74. The average molecular weight is 266 g/mol. The molecule has 2 atom stereocenters. The van der Waals surface area contributed by atoms with Crippen molar-refractivity contribution in [1.29, 1.82) is 0 Å². The summed E-state index contributed by atoms with van der Waals surface area (Å²) in [5, 5.41) is 3.81. The molecule has 0 radical (unpaired) electrons. The molecule has 0 bridgehead atoms. The molecule has 0 amide bonds. The molecule has 1 N–H and O–H groups in total. The summed E-state index contributed by atoms with van der Waals surface area (Å²) < 4.78 is 6.00. The van der Waals surface area contributed by atoms with Crippen molar-refractivity contribution in [1.82, 2.24) is 10.2 Å². The Morgan fingerprint density at radius 2 is 2.05 bits per heavy atom. The number of hydrogen-bond acceptors (Lipinski definition) is 3. The number of nitrogens with zero attached hydrogens (tertiary/aromatic N) is 1. The van der Waals surface area contributed by atoms with E-state index in [9.17, 15) is 0 Å². The third-order valence-corrected chi connectivity index (χ3v) is 5.28. The van der Waals surface area contributed by atoms with E-state index in [4.69, 9.17) is 4.74 Å². The third-order valence-electron chi connectivity index (χ3n) is 5.28. The molecule has 2 saturated heterocycles. The molecule has 2 heterocycles. The monoisotopic (exact) mass is 266 g/mol. The molecule has 0 aromatic rings. The first-order chi connectivity index (χ1) is 9.26. The maximum atomic E-state index is 6.00. The number of ether oxygens (including phenoxy) is 1. The first-order valence-corrected chi connectivity index (χ1v) is 8.35. The molecule has 3 aliphatic rings. The molecule has 2 unspecified atom stereocenters. The molecule has 1 spiro atoms. The third kappa shape index (κ3) is 3.50. The Labute approximate surface area is 118 Å². The van der Waals surface area contributed by atoms with Gasteiger partial charge in [0.25, 0.3) is 0 Å². The van der Waals surface area contributed by atoms with Crippen molar-refractivity contribution in [3.05, 3.63) is 0 Å². The Balaban J connectivity index is 1.36. The first-order valence-electron chi connectivity index (χ1n) is 8.35. The number of rotatable bonds is 5. The number of likely N-dealkylation sites (tertiary alicyclic amines) is 1. The summed E-state index contributed by atoms with van der Waals surface area (Å²) in [5.41, 5.74) is 0.286. The van der Waals surface area contributed by atoms with Crippen LogP contribution in [-0.4, -0.2) is 49.3 Å². The molecule has 2 aliphatic heterocycles. The second-order valence-electron chi connectivity index (χ2n) is 7.10. The molecule has 1 aliphatic carbocycles. The van der Waals surface area contributed by atoms with E-state index in [2.05, 4.69) is 17.1 Å². The first kappa shape index (κ1) is 13.8. The zero-order valence-electron chi connectivity index (χ0n) is 12.5. The predicted molar refractivity (Wildman–Crippen MR) is 78.4 cm³/mol. The summed E-state index contributed by atoms with van der Waals surface area (Å²) >= 11 is 0. The van der Waals surface area contributed by atoms with E-state index in [0.717, 1.165) is 12.5 Å². The van der Waals surface area contributed by atoms with Gasteiger partial charge in [-0.1, -0.05) is 6.92 Å². The van der Waals surface area contributed by atoms with Crippen LogP contribution >= 0.6 is 0 Å². The van der Waals surface area contributed by atoms with Crippen LogP contribution in [0.5, 0.6) is 0 Å². The average Bonchev–Trinajstić information content (AvgIpc) is 2.88. The smallest absolute Gasteiger partial charge is 0.0697 e. The zero-order valence-corrected chi connectivity index (χ0v) is 12.5. The molecule has 3 rings (SSSR count). The summed E-state index contributed by atoms with van der Waals surface area (Å²) in [6.07, 6.45) is 9.24. The molecule has 0 aromatic heterocycles. The van der Waals surface area contributed by atoms with Gasteiger partial charge in [0, 0.05) is 19.2 Å². The summed E-state index contributed by atoms with van der Waals surface area (Å²) in [7, 11) is 0. The van der Waals surface area contributed by atoms with E-state index >= 15 is 0 Å². The number of hydrogen-bond donors (Lipinski definition) is 1. The van der Waals surface area contributed by atoms with Crippen LogP contribution in [0.1, 0.15) is 51.9 Å². The van der Waals surface area contributed by atoms with Crippen molar-refractivity contribution >= 4 is 0 Å². The highest BCUT2D eigenvalue weighted by molar-refractivity contribution is 4.96. The lowest BCUT2D eigenvalue weighted by molar-refractivity contribution is -0.135. The van der Waals surface area contributed by atoms with Crippen molar-refractivity contribution in [2.45, 2.75) is 63.5 Å². The standard InChI is InChI=1S/C16H30N2O/c1-14(13-18-8-2-3-9-18)12-17-15-5-10-19-16(11-15)6-4-7-16/h14-15,17H,2-13H2,1H3. The van der Waals surface area contributed by atoms with E-state index in [1.807, 2.05) is 0 Å². The van der Waals surface area contributed by atoms with Gasteiger partial charge in [-0.15, -0.1) is 0 Å². The van der Waals surface area contributed by atoms with Crippen LogP contribution in [0.25, 0.3) is 0 Å². The van der Waals surface area contributed by atoms with E-state index in [1.165, 1.54) is 71.1 Å². The Morgan fingerprint density at radius 1 is 1.26 bits per heavy atom. The fourth-order valence-electron chi connectivity index (χ4n) is 3.96. The molecule has 19 heavy (non-hydrogen) atoms. The summed E-state index contributed by atoms with van der Waals surface area (Å²) in [4.78, 5) is 2.63.